The zero-order valence-corrected chi connectivity index (χ0v) is 11.2. The number of nitrogens with two attached hydrogens (primary N) is 1. The summed E-state index contributed by atoms with van der Waals surface area (Å²) in [5.41, 5.74) is 6.42. The van der Waals surface area contributed by atoms with Gasteiger partial charge in [-0.3, -0.25) is 0 Å². The highest BCUT2D eigenvalue weighted by atomic mass is 79.9. The van der Waals surface area contributed by atoms with Crippen LogP contribution in [0.3, 0.4) is 0 Å². The van der Waals surface area contributed by atoms with E-state index in [1.807, 2.05) is 12.1 Å². The van der Waals surface area contributed by atoms with Gasteiger partial charge in [0.15, 0.2) is 0 Å². The number of ether oxygens (including phenoxy) is 1. The molecule has 0 atom stereocenters. The van der Waals surface area contributed by atoms with Gasteiger partial charge in [0.2, 0.25) is 0 Å². The molecule has 14 heavy (non-hydrogen) atoms. The van der Waals surface area contributed by atoms with E-state index >= 15 is 0 Å². The Bertz CT molecular complexity index is 315. The quantitative estimate of drug-likeness (QED) is 0.672. The van der Waals surface area contributed by atoms with Gasteiger partial charge in [0.1, 0.15) is 5.75 Å². The van der Waals surface area contributed by atoms with Gasteiger partial charge >= 0.3 is 0 Å². The highest BCUT2D eigenvalue weighted by Crippen LogP contribution is 2.33. The zero-order valence-electron chi connectivity index (χ0n) is 8.02. The molecule has 0 aliphatic heterocycles. The normalized spacial score (nSPS) is 10.2. The first-order chi connectivity index (χ1) is 6.65. The number of anilines is 1. The van der Waals surface area contributed by atoms with E-state index in [4.69, 9.17) is 10.5 Å². The third-order valence-corrected chi connectivity index (χ3v) is 3.11. The van der Waals surface area contributed by atoms with Crippen molar-refractivity contribution in [2.24, 2.45) is 0 Å². The molecule has 4 heteroatoms. The number of nitrogen functional groups attached to an aromatic ring is 1. The fourth-order valence-corrected chi connectivity index (χ4v) is 1.78. The van der Waals surface area contributed by atoms with E-state index in [1.165, 1.54) is 0 Å². The van der Waals surface area contributed by atoms with Crippen LogP contribution in [0.5, 0.6) is 5.75 Å². The van der Waals surface area contributed by atoms with Crippen LogP contribution in [0.1, 0.15) is 19.8 Å². The molecule has 0 aliphatic carbocycles. The van der Waals surface area contributed by atoms with Crippen LogP contribution in [0.2, 0.25) is 0 Å². The van der Waals surface area contributed by atoms with E-state index in [2.05, 4.69) is 38.8 Å². The molecule has 0 saturated carbocycles. The van der Waals surface area contributed by atoms with E-state index in [0.717, 1.165) is 34.1 Å². The summed E-state index contributed by atoms with van der Waals surface area (Å²) < 4.78 is 7.35. The number of benzene rings is 1. The second-order valence-corrected chi connectivity index (χ2v) is 4.71. The molecule has 0 aliphatic rings. The van der Waals surface area contributed by atoms with Gasteiger partial charge in [-0.25, -0.2) is 0 Å². The predicted molar refractivity (Wildman–Crippen MR) is 66.7 cm³/mol. The minimum Gasteiger partial charge on any atom is -0.492 e. The maximum Gasteiger partial charge on any atom is 0.134 e. The molecule has 1 aromatic carbocycles. The minimum atomic E-state index is 0.708. The highest BCUT2D eigenvalue weighted by Gasteiger charge is 2.04. The first-order valence-corrected chi connectivity index (χ1v) is 6.11. The fourth-order valence-electron chi connectivity index (χ4n) is 0.981. The monoisotopic (exact) mass is 321 g/mol. The lowest BCUT2D eigenvalue weighted by Crippen LogP contribution is -1.98. The summed E-state index contributed by atoms with van der Waals surface area (Å²) in [4.78, 5) is 0. The number of rotatable bonds is 4. The Labute approximate surface area is 101 Å². The molecule has 0 amide bonds. The molecule has 0 unspecified atom stereocenters. The summed E-state index contributed by atoms with van der Waals surface area (Å²) in [5.74, 6) is 0.833. The third kappa shape index (κ3) is 3.17. The third-order valence-electron chi connectivity index (χ3n) is 1.81. The molecule has 1 rings (SSSR count). The van der Waals surface area contributed by atoms with Gasteiger partial charge in [-0.05, 0) is 50.4 Å². The van der Waals surface area contributed by atoms with E-state index in [9.17, 15) is 0 Å². The van der Waals surface area contributed by atoms with Crippen molar-refractivity contribution in [3.05, 3.63) is 21.1 Å². The Morgan fingerprint density at radius 2 is 2.00 bits per heavy atom. The van der Waals surface area contributed by atoms with Gasteiger partial charge in [0.05, 0.1) is 11.1 Å². The molecule has 0 bridgehead atoms. The van der Waals surface area contributed by atoms with Crippen LogP contribution in [0.4, 0.5) is 5.69 Å². The zero-order chi connectivity index (χ0) is 10.6. The molecular formula is C10H13Br2NO. The molecule has 0 spiro atoms. The summed E-state index contributed by atoms with van der Waals surface area (Å²) in [6.07, 6.45) is 2.20. The Balaban J connectivity index is 2.72. The van der Waals surface area contributed by atoms with Crippen molar-refractivity contribution in [2.75, 3.05) is 12.3 Å². The lowest BCUT2D eigenvalue weighted by atomic mass is 10.3. The maximum atomic E-state index is 5.71. The average Bonchev–Trinajstić information content (AvgIpc) is 2.14. The van der Waals surface area contributed by atoms with Crippen molar-refractivity contribution in [3.63, 3.8) is 0 Å². The Morgan fingerprint density at radius 3 is 2.64 bits per heavy atom. The molecule has 0 fully saturated rings. The summed E-state index contributed by atoms with van der Waals surface area (Å²) >= 11 is 6.77. The number of unbranched alkanes of at least 4 members (excludes halogenated alkanes) is 1. The van der Waals surface area contributed by atoms with Crippen LogP contribution < -0.4 is 10.5 Å². The van der Waals surface area contributed by atoms with Crippen LogP contribution in [0.15, 0.2) is 21.1 Å². The van der Waals surface area contributed by atoms with Crippen molar-refractivity contribution >= 4 is 37.5 Å². The van der Waals surface area contributed by atoms with Crippen molar-refractivity contribution in [2.45, 2.75) is 19.8 Å². The van der Waals surface area contributed by atoms with Crippen LogP contribution in [0.25, 0.3) is 0 Å². The van der Waals surface area contributed by atoms with E-state index in [0.29, 0.717) is 5.69 Å². The Kier molecular flexibility index (Phi) is 4.75. The standard InChI is InChI=1S/C10H13Br2NO/c1-2-3-4-14-10-6-7(11)9(13)5-8(10)12/h5-6H,2-4,13H2,1H3. The molecule has 0 heterocycles. The van der Waals surface area contributed by atoms with Gasteiger partial charge in [0.25, 0.3) is 0 Å². The number of halogens is 2. The second kappa shape index (κ2) is 5.61. The molecule has 78 valence electrons. The average molecular weight is 323 g/mol. The molecule has 2 N–H and O–H groups in total. The van der Waals surface area contributed by atoms with Crippen molar-refractivity contribution in [3.8, 4) is 5.75 Å². The van der Waals surface area contributed by atoms with Crippen molar-refractivity contribution in [1.82, 2.24) is 0 Å². The van der Waals surface area contributed by atoms with E-state index in [1.54, 1.807) is 0 Å². The molecule has 2 nitrogen and oxygen atoms in total. The molecule has 0 radical (unpaired) electrons. The van der Waals surface area contributed by atoms with Crippen molar-refractivity contribution in [1.29, 1.82) is 0 Å². The predicted octanol–water partition coefficient (Wildman–Crippen LogP) is 3.97. The minimum absolute atomic E-state index is 0.708. The molecule has 0 saturated heterocycles. The molecule has 1 aromatic rings. The lowest BCUT2D eigenvalue weighted by molar-refractivity contribution is 0.307. The van der Waals surface area contributed by atoms with Gasteiger partial charge < -0.3 is 10.5 Å². The first kappa shape index (κ1) is 11.9. The van der Waals surface area contributed by atoms with Gasteiger partial charge in [0, 0.05) is 10.2 Å². The van der Waals surface area contributed by atoms with Crippen LogP contribution in [0, 0.1) is 0 Å². The summed E-state index contributed by atoms with van der Waals surface area (Å²) in [7, 11) is 0. The second-order valence-electron chi connectivity index (χ2n) is 3.01. The van der Waals surface area contributed by atoms with Gasteiger partial charge in [-0.15, -0.1) is 0 Å². The Morgan fingerprint density at radius 1 is 1.29 bits per heavy atom. The summed E-state index contributed by atoms with van der Waals surface area (Å²) in [6, 6.07) is 3.72. The topological polar surface area (TPSA) is 35.2 Å². The smallest absolute Gasteiger partial charge is 0.134 e. The van der Waals surface area contributed by atoms with E-state index < -0.39 is 0 Å². The first-order valence-electron chi connectivity index (χ1n) is 4.52. The maximum absolute atomic E-state index is 5.71. The largest absolute Gasteiger partial charge is 0.492 e. The molecule has 0 aromatic heterocycles. The molecular weight excluding hydrogens is 310 g/mol. The number of hydrogen-bond donors (Lipinski definition) is 1. The van der Waals surface area contributed by atoms with E-state index in [-0.39, 0.29) is 0 Å². The lowest BCUT2D eigenvalue weighted by Gasteiger charge is -2.09. The number of hydrogen-bond acceptors (Lipinski definition) is 2. The Hall–Kier alpha value is -0.220. The summed E-state index contributed by atoms with van der Waals surface area (Å²) in [5, 5.41) is 0. The van der Waals surface area contributed by atoms with Gasteiger partial charge in [-0.2, -0.15) is 0 Å². The van der Waals surface area contributed by atoms with Crippen LogP contribution in [-0.2, 0) is 0 Å². The SMILES string of the molecule is CCCCOc1cc(Br)c(N)cc1Br. The summed E-state index contributed by atoms with van der Waals surface area (Å²) in [6.45, 7) is 2.88. The van der Waals surface area contributed by atoms with Crippen LogP contribution >= 0.6 is 31.9 Å². The van der Waals surface area contributed by atoms with Crippen LogP contribution in [-0.4, -0.2) is 6.61 Å². The van der Waals surface area contributed by atoms with Gasteiger partial charge in [-0.1, -0.05) is 13.3 Å². The fraction of sp³-hybridized carbons (Fsp3) is 0.400. The highest BCUT2D eigenvalue weighted by molar-refractivity contribution is 9.11. The van der Waals surface area contributed by atoms with Crippen molar-refractivity contribution < 1.29 is 4.74 Å².